The van der Waals surface area contributed by atoms with Crippen molar-refractivity contribution in [2.45, 2.75) is 64.6 Å². The molecule has 1 aliphatic heterocycles. The van der Waals surface area contributed by atoms with E-state index in [1.807, 2.05) is 31.7 Å². The molecule has 2 fully saturated rings. The SMILES string of the molecule is CN=C(NCc1cc(C#N)ccc1F)N1CCC(N(CC2CC2)C(=O)OC(C)(C)C)CC1. The van der Waals surface area contributed by atoms with Crippen molar-refractivity contribution in [3.05, 3.63) is 35.1 Å². The summed E-state index contributed by atoms with van der Waals surface area (Å²) in [7, 11) is 1.70. The number of nitrogens with zero attached hydrogens (tertiary/aromatic N) is 4. The number of ether oxygens (including phenoxy) is 1. The lowest BCUT2D eigenvalue weighted by atomic mass is 10.0. The molecule has 0 bridgehead atoms. The first-order valence-corrected chi connectivity index (χ1v) is 11.3. The highest BCUT2D eigenvalue weighted by Crippen LogP contribution is 2.32. The van der Waals surface area contributed by atoms with Gasteiger partial charge in [-0.05, 0) is 70.6 Å². The molecule has 1 aliphatic carbocycles. The van der Waals surface area contributed by atoms with Gasteiger partial charge in [-0.2, -0.15) is 5.26 Å². The van der Waals surface area contributed by atoms with Crippen LogP contribution in [0, 0.1) is 23.1 Å². The highest BCUT2D eigenvalue weighted by molar-refractivity contribution is 5.80. The fourth-order valence-electron chi connectivity index (χ4n) is 3.95. The summed E-state index contributed by atoms with van der Waals surface area (Å²) in [5.41, 5.74) is 0.349. The fraction of sp³-hybridized carbons (Fsp3) is 0.625. The first-order chi connectivity index (χ1) is 15.2. The lowest BCUT2D eigenvalue weighted by Gasteiger charge is -2.40. The molecule has 2 aliphatic rings. The van der Waals surface area contributed by atoms with Crippen LogP contribution in [-0.4, -0.2) is 60.2 Å². The molecule has 1 aromatic carbocycles. The Balaban J connectivity index is 1.57. The molecule has 1 amide bonds. The Labute approximate surface area is 190 Å². The third-order valence-corrected chi connectivity index (χ3v) is 5.81. The van der Waals surface area contributed by atoms with Crippen molar-refractivity contribution in [2.24, 2.45) is 10.9 Å². The normalized spacial score (nSPS) is 17.6. The highest BCUT2D eigenvalue weighted by Gasteiger charge is 2.35. The van der Waals surface area contributed by atoms with Gasteiger partial charge in [-0.3, -0.25) is 4.99 Å². The van der Waals surface area contributed by atoms with E-state index in [4.69, 9.17) is 10.00 Å². The Bertz CT molecular complexity index is 877. The molecule has 1 N–H and O–H groups in total. The van der Waals surface area contributed by atoms with E-state index >= 15 is 0 Å². The molecule has 8 heteroatoms. The molecule has 1 saturated heterocycles. The highest BCUT2D eigenvalue weighted by atomic mass is 19.1. The van der Waals surface area contributed by atoms with Crippen molar-refractivity contribution in [1.82, 2.24) is 15.1 Å². The van der Waals surface area contributed by atoms with Crippen molar-refractivity contribution in [1.29, 1.82) is 5.26 Å². The molecule has 0 atom stereocenters. The molecule has 0 spiro atoms. The number of nitriles is 1. The van der Waals surface area contributed by atoms with Crippen LogP contribution in [-0.2, 0) is 11.3 Å². The number of hydrogen-bond donors (Lipinski definition) is 1. The van der Waals surface area contributed by atoms with Gasteiger partial charge in [0.05, 0.1) is 11.6 Å². The molecule has 32 heavy (non-hydrogen) atoms. The maximum atomic E-state index is 14.1. The molecule has 0 unspecified atom stereocenters. The predicted octanol–water partition coefficient (Wildman–Crippen LogP) is 3.88. The van der Waals surface area contributed by atoms with Crippen molar-refractivity contribution < 1.29 is 13.9 Å². The third-order valence-electron chi connectivity index (χ3n) is 5.81. The smallest absolute Gasteiger partial charge is 0.410 e. The first kappa shape index (κ1) is 23.8. The van der Waals surface area contributed by atoms with Crippen LogP contribution < -0.4 is 5.32 Å². The summed E-state index contributed by atoms with van der Waals surface area (Å²) in [6.07, 6.45) is 3.78. The number of carbonyl (C=O) groups is 1. The summed E-state index contributed by atoms with van der Waals surface area (Å²) < 4.78 is 19.8. The van der Waals surface area contributed by atoms with Gasteiger partial charge in [0.2, 0.25) is 0 Å². The van der Waals surface area contributed by atoms with E-state index in [2.05, 4.69) is 15.2 Å². The van der Waals surface area contributed by atoms with Crippen LogP contribution in [0.2, 0.25) is 0 Å². The Morgan fingerprint density at radius 1 is 1.31 bits per heavy atom. The molecular weight excluding hydrogens is 409 g/mol. The first-order valence-electron chi connectivity index (χ1n) is 11.3. The second-order valence-electron chi connectivity index (χ2n) is 9.61. The van der Waals surface area contributed by atoms with E-state index in [9.17, 15) is 9.18 Å². The third kappa shape index (κ3) is 6.59. The average Bonchev–Trinajstić information content (AvgIpc) is 3.57. The largest absolute Gasteiger partial charge is 0.444 e. The number of guanidine groups is 1. The van der Waals surface area contributed by atoms with E-state index < -0.39 is 5.60 Å². The number of hydrogen-bond acceptors (Lipinski definition) is 4. The number of halogens is 1. The fourth-order valence-corrected chi connectivity index (χ4v) is 3.95. The molecule has 0 radical (unpaired) electrons. The van der Waals surface area contributed by atoms with Gasteiger partial charge in [-0.1, -0.05) is 0 Å². The van der Waals surface area contributed by atoms with E-state index in [-0.39, 0.29) is 24.5 Å². The number of piperidine rings is 1. The summed E-state index contributed by atoms with van der Waals surface area (Å²) in [6, 6.07) is 6.52. The minimum absolute atomic E-state index is 0.143. The number of benzene rings is 1. The number of rotatable bonds is 5. The number of aliphatic imine (C=N–C) groups is 1. The van der Waals surface area contributed by atoms with Crippen molar-refractivity contribution >= 4 is 12.1 Å². The van der Waals surface area contributed by atoms with Gasteiger partial charge in [0.15, 0.2) is 5.96 Å². The van der Waals surface area contributed by atoms with Gasteiger partial charge in [0.25, 0.3) is 0 Å². The minimum Gasteiger partial charge on any atom is -0.444 e. The van der Waals surface area contributed by atoms with Crippen LogP contribution in [0.5, 0.6) is 0 Å². The second-order valence-corrected chi connectivity index (χ2v) is 9.61. The quantitative estimate of drug-likeness (QED) is 0.552. The van der Waals surface area contributed by atoms with Crippen LogP contribution in [0.4, 0.5) is 9.18 Å². The molecule has 1 heterocycles. The number of likely N-dealkylation sites (tertiary alicyclic amines) is 1. The van der Waals surface area contributed by atoms with Crippen LogP contribution in [0.1, 0.15) is 57.6 Å². The van der Waals surface area contributed by atoms with Gasteiger partial charge in [-0.15, -0.1) is 0 Å². The maximum absolute atomic E-state index is 14.1. The summed E-state index contributed by atoms with van der Waals surface area (Å²) in [5, 5.41) is 12.3. The van der Waals surface area contributed by atoms with Gasteiger partial charge in [-0.25, -0.2) is 9.18 Å². The monoisotopic (exact) mass is 443 g/mol. The van der Waals surface area contributed by atoms with E-state index in [0.29, 0.717) is 23.0 Å². The number of amides is 1. The van der Waals surface area contributed by atoms with Crippen LogP contribution in [0.3, 0.4) is 0 Å². The summed E-state index contributed by atoms with van der Waals surface area (Å²) in [4.78, 5) is 21.2. The summed E-state index contributed by atoms with van der Waals surface area (Å²) in [5.74, 6) is 0.934. The van der Waals surface area contributed by atoms with Crippen LogP contribution in [0.15, 0.2) is 23.2 Å². The Morgan fingerprint density at radius 3 is 2.56 bits per heavy atom. The molecule has 1 saturated carbocycles. The zero-order valence-corrected chi connectivity index (χ0v) is 19.5. The van der Waals surface area contributed by atoms with Crippen molar-refractivity contribution in [2.75, 3.05) is 26.7 Å². The number of nitrogens with one attached hydrogen (secondary N) is 1. The van der Waals surface area contributed by atoms with Gasteiger partial charge in [0.1, 0.15) is 11.4 Å². The average molecular weight is 444 g/mol. The molecule has 174 valence electrons. The van der Waals surface area contributed by atoms with Crippen molar-refractivity contribution in [3.8, 4) is 6.07 Å². The van der Waals surface area contributed by atoms with Gasteiger partial charge in [0, 0.05) is 44.8 Å². The molecule has 3 rings (SSSR count). The van der Waals surface area contributed by atoms with Gasteiger partial charge < -0.3 is 19.9 Å². The standard InChI is InChI=1S/C24H34FN5O2/c1-24(2,3)32-23(31)30(16-17-5-6-17)20-9-11-29(12-10-20)22(27-4)28-15-19-13-18(14-26)7-8-21(19)25/h7-8,13,17,20H,5-6,9-12,15-16H2,1-4H3,(H,27,28). The second kappa shape index (κ2) is 10.2. The lowest BCUT2D eigenvalue weighted by Crippen LogP contribution is -2.52. The Hall–Kier alpha value is -2.82. The minimum atomic E-state index is -0.510. The van der Waals surface area contributed by atoms with E-state index in [1.54, 1.807) is 13.1 Å². The topological polar surface area (TPSA) is 81.0 Å². The lowest BCUT2D eigenvalue weighted by molar-refractivity contribution is 0.00928. The van der Waals surface area contributed by atoms with Crippen molar-refractivity contribution in [3.63, 3.8) is 0 Å². The van der Waals surface area contributed by atoms with E-state index in [1.165, 1.54) is 25.0 Å². The van der Waals surface area contributed by atoms with Crippen LogP contribution >= 0.6 is 0 Å². The Kier molecular flexibility index (Phi) is 7.60. The zero-order valence-electron chi connectivity index (χ0n) is 19.5. The molecular formula is C24H34FN5O2. The Morgan fingerprint density at radius 2 is 2.00 bits per heavy atom. The molecule has 0 aromatic heterocycles. The summed E-state index contributed by atoms with van der Waals surface area (Å²) >= 11 is 0. The number of carbonyl (C=O) groups excluding carboxylic acids is 1. The van der Waals surface area contributed by atoms with E-state index in [0.717, 1.165) is 32.5 Å². The van der Waals surface area contributed by atoms with Gasteiger partial charge >= 0.3 is 6.09 Å². The molecule has 7 nitrogen and oxygen atoms in total. The summed E-state index contributed by atoms with van der Waals surface area (Å²) in [6.45, 7) is 8.19. The zero-order chi connectivity index (χ0) is 23.3. The van der Waals surface area contributed by atoms with Crippen LogP contribution in [0.25, 0.3) is 0 Å². The predicted molar refractivity (Wildman–Crippen MR) is 122 cm³/mol. The molecule has 1 aromatic rings. The maximum Gasteiger partial charge on any atom is 0.410 e.